The third kappa shape index (κ3) is 3.47. The van der Waals surface area contributed by atoms with E-state index in [1.165, 1.54) is 0 Å². The fraction of sp³-hybridized carbons (Fsp3) is 0.300. The average molecular weight is 239 g/mol. The van der Waals surface area contributed by atoms with Crippen LogP contribution in [0.3, 0.4) is 0 Å². The number of hydrogen-bond donors (Lipinski definition) is 1. The minimum absolute atomic E-state index is 0.256. The van der Waals surface area contributed by atoms with Crippen LogP contribution in [0.25, 0.3) is 0 Å². The van der Waals surface area contributed by atoms with E-state index in [2.05, 4.69) is 32.2 Å². The van der Waals surface area contributed by atoms with Crippen molar-refractivity contribution in [2.24, 2.45) is 0 Å². The molecule has 1 rings (SSSR count). The molecule has 1 atom stereocenters. The number of halogens is 1. The van der Waals surface area contributed by atoms with Gasteiger partial charge in [0.05, 0.1) is 0 Å². The summed E-state index contributed by atoms with van der Waals surface area (Å²) in [6.45, 7) is 2.03. The summed E-state index contributed by atoms with van der Waals surface area (Å²) in [5.74, 6) is 3.44. The summed E-state index contributed by atoms with van der Waals surface area (Å²) in [7, 11) is 0. The van der Waals surface area contributed by atoms with Gasteiger partial charge >= 0.3 is 0 Å². The predicted octanol–water partition coefficient (Wildman–Crippen LogP) is 2.67. The molecule has 2 nitrogen and oxygen atoms in total. The molecule has 3 heteroatoms. The van der Waals surface area contributed by atoms with E-state index >= 15 is 0 Å². The van der Waals surface area contributed by atoms with Crippen LogP contribution in [0, 0.1) is 12.3 Å². The molecule has 1 aromatic rings. The van der Waals surface area contributed by atoms with Gasteiger partial charge in [0.1, 0.15) is 10.4 Å². The molecule has 0 spiro atoms. The number of anilines is 1. The summed E-state index contributed by atoms with van der Waals surface area (Å²) >= 11 is 3.30. The second-order valence-corrected chi connectivity index (χ2v) is 3.61. The lowest BCUT2D eigenvalue weighted by Gasteiger charge is -2.11. The lowest BCUT2D eigenvalue weighted by molar-refractivity contribution is 0.821. The molecule has 1 N–H and O–H groups in total. The second-order valence-electron chi connectivity index (χ2n) is 2.80. The molecule has 0 aliphatic heterocycles. The third-order valence-corrected chi connectivity index (χ3v) is 1.98. The van der Waals surface area contributed by atoms with Crippen molar-refractivity contribution in [3.63, 3.8) is 0 Å². The zero-order valence-corrected chi connectivity index (χ0v) is 9.01. The molecule has 0 radical (unpaired) electrons. The van der Waals surface area contributed by atoms with Crippen molar-refractivity contribution < 1.29 is 0 Å². The van der Waals surface area contributed by atoms with E-state index in [-0.39, 0.29) is 6.04 Å². The van der Waals surface area contributed by atoms with Crippen LogP contribution in [0.1, 0.15) is 13.3 Å². The SMILES string of the molecule is C#CCC(C)Nc1cccc(Br)n1. The highest BCUT2D eigenvalue weighted by atomic mass is 79.9. The van der Waals surface area contributed by atoms with Gasteiger partial charge in [0, 0.05) is 12.5 Å². The molecule has 13 heavy (non-hydrogen) atoms. The van der Waals surface area contributed by atoms with Crippen molar-refractivity contribution in [2.75, 3.05) is 5.32 Å². The molecule has 1 heterocycles. The molecule has 1 unspecified atom stereocenters. The normalized spacial score (nSPS) is 11.8. The molecule has 0 bridgehead atoms. The Kier molecular flexibility index (Phi) is 3.78. The lowest BCUT2D eigenvalue weighted by atomic mass is 10.2. The van der Waals surface area contributed by atoms with Gasteiger partial charge in [-0.25, -0.2) is 4.98 Å². The molecule has 0 aliphatic rings. The Morgan fingerprint density at radius 3 is 3.08 bits per heavy atom. The van der Waals surface area contributed by atoms with E-state index in [0.29, 0.717) is 6.42 Å². The number of hydrogen-bond acceptors (Lipinski definition) is 2. The molecule has 1 aromatic heterocycles. The smallest absolute Gasteiger partial charge is 0.127 e. The Labute approximate surface area is 86.9 Å². The average Bonchev–Trinajstić information content (AvgIpc) is 2.04. The van der Waals surface area contributed by atoms with Gasteiger partial charge in [-0.05, 0) is 35.0 Å². The quantitative estimate of drug-likeness (QED) is 0.647. The Morgan fingerprint density at radius 1 is 1.69 bits per heavy atom. The van der Waals surface area contributed by atoms with Gasteiger partial charge in [-0.15, -0.1) is 12.3 Å². The van der Waals surface area contributed by atoms with Crippen molar-refractivity contribution >= 4 is 21.7 Å². The predicted molar refractivity (Wildman–Crippen MR) is 58.5 cm³/mol. The van der Waals surface area contributed by atoms with Crippen LogP contribution in [0.5, 0.6) is 0 Å². The zero-order chi connectivity index (χ0) is 9.68. The van der Waals surface area contributed by atoms with Crippen molar-refractivity contribution in [1.82, 2.24) is 4.98 Å². The van der Waals surface area contributed by atoms with Crippen molar-refractivity contribution in [2.45, 2.75) is 19.4 Å². The minimum Gasteiger partial charge on any atom is -0.367 e. The monoisotopic (exact) mass is 238 g/mol. The number of terminal acetylenes is 1. The van der Waals surface area contributed by atoms with E-state index < -0.39 is 0 Å². The fourth-order valence-electron chi connectivity index (χ4n) is 0.969. The Morgan fingerprint density at radius 2 is 2.46 bits per heavy atom. The largest absolute Gasteiger partial charge is 0.367 e. The maximum Gasteiger partial charge on any atom is 0.127 e. The van der Waals surface area contributed by atoms with E-state index in [0.717, 1.165) is 10.4 Å². The highest BCUT2D eigenvalue weighted by Crippen LogP contribution is 2.11. The number of aromatic nitrogens is 1. The van der Waals surface area contributed by atoms with Crippen LogP contribution in [0.15, 0.2) is 22.8 Å². The number of rotatable bonds is 3. The summed E-state index contributed by atoms with van der Waals surface area (Å²) in [5.41, 5.74) is 0. The highest BCUT2D eigenvalue weighted by Gasteiger charge is 2.00. The molecular weight excluding hydrogens is 228 g/mol. The van der Waals surface area contributed by atoms with Crippen LogP contribution >= 0.6 is 15.9 Å². The molecule has 0 saturated carbocycles. The summed E-state index contributed by atoms with van der Waals surface area (Å²) in [4.78, 5) is 4.23. The van der Waals surface area contributed by atoms with Gasteiger partial charge in [-0.2, -0.15) is 0 Å². The molecule has 68 valence electrons. The maximum atomic E-state index is 5.19. The zero-order valence-electron chi connectivity index (χ0n) is 7.42. The topological polar surface area (TPSA) is 24.9 Å². The van der Waals surface area contributed by atoms with Crippen molar-refractivity contribution in [3.05, 3.63) is 22.8 Å². The molecule has 0 saturated heterocycles. The number of nitrogens with one attached hydrogen (secondary N) is 1. The first-order valence-corrected chi connectivity index (χ1v) is 4.84. The standard InChI is InChI=1S/C10H11BrN2/c1-3-5-8(2)12-10-7-4-6-9(11)13-10/h1,4,6-8H,5H2,2H3,(H,12,13). The summed E-state index contributed by atoms with van der Waals surface area (Å²) in [6, 6.07) is 5.99. The van der Waals surface area contributed by atoms with Gasteiger partial charge in [-0.1, -0.05) is 6.07 Å². The van der Waals surface area contributed by atoms with Gasteiger partial charge in [-0.3, -0.25) is 0 Å². The summed E-state index contributed by atoms with van der Waals surface area (Å²) in [5, 5.41) is 3.20. The first-order chi connectivity index (χ1) is 6.22. The van der Waals surface area contributed by atoms with E-state index in [4.69, 9.17) is 6.42 Å². The highest BCUT2D eigenvalue weighted by molar-refractivity contribution is 9.10. The first kappa shape index (κ1) is 10.1. The minimum atomic E-state index is 0.256. The molecule has 0 fully saturated rings. The van der Waals surface area contributed by atoms with Crippen LogP contribution in [0.4, 0.5) is 5.82 Å². The molecule has 0 aliphatic carbocycles. The van der Waals surface area contributed by atoms with Crippen LogP contribution in [0.2, 0.25) is 0 Å². The van der Waals surface area contributed by atoms with Crippen molar-refractivity contribution in [1.29, 1.82) is 0 Å². The maximum absolute atomic E-state index is 5.19. The summed E-state index contributed by atoms with van der Waals surface area (Å²) in [6.07, 6.45) is 5.90. The molecule has 0 aromatic carbocycles. The van der Waals surface area contributed by atoms with Gasteiger partial charge in [0.15, 0.2) is 0 Å². The van der Waals surface area contributed by atoms with E-state index in [9.17, 15) is 0 Å². The van der Waals surface area contributed by atoms with Crippen LogP contribution in [-0.2, 0) is 0 Å². The van der Waals surface area contributed by atoms with E-state index in [1.807, 2.05) is 25.1 Å². The van der Waals surface area contributed by atoms with Gasteiger partial charge in [0.25, 0.3) is 0 Å². The second kappa shape index (κ2) is 4.88. The van der Waals surface area contributed by atoms with Gasteiger partial charge < -0.3 is 5.32 Å². The third-order valence-electron chi connectivity index (χ3n) is 1.53. The van der Waals surface area contributed by atoms with E-state index in [1.54, 1.807) is 0 Å². The Hall–Kier alpha value is -1.01. The lowest BCUT2D eigenvalue weighted by Crippen LogP contribution is -2.14. The Bertz CT molecular complexity index is 317. The van der Waals surface area contributed by atoms with Crippen molar-refractivity contribution in [3.8, 4) is 12.3 Å². The first-order valence-electron chi connectivity index (χ1n) is 4.05. The molecule has 0 amide bonds. The Balaban J connectivity index is 2.59. The van der Waals surface area contributed by atoms with Crippen LogP contribution < -0.4 is 5.32 Å². The summed E-state index contributed by atoms with van der Waals surface area (Å²) < 4.78 is 0.824. The number of nitrogens with zero attached hydrogens (tertiary/aromatic N) is 1. The number of pyridine rings is 1. The molecular formula is C10H11BrN2. The van der Waals surface area contributed by atoms with Gasteiger partial charge in [0.2, 0.25) is 0 Å². The fourth-order valence-corrected chi connectivity index (χ4v) is 1.31. The van der Waals surface area contributed by atoms with Crippen LogP contribution in [-0.4, -0.2) is 11.0 Å².